The molecule has 0 amide bonds. The molecule has 0 radical (unpaired) electrons. The molecule has 106 valence electrons. The number of rotatable bonds is 4. The van der Waals surface area contributed by atoms with Gasteiger partial charge in [-0.3, -0.25) is 0 Å². The second kappa shape index (κ2) is 6.61. The van der Waals surface area contributed by atoms with Gasteiger partial charge in [-0.25, -0.2) is 0 Å². The lowest BCUT2D eigenvalue weighted by atomic mass is 9.99. The Hall–Kier alpha value is -1.03. The molecule has 0 aliphatic carbocycles. The zero-order valence-electron chi connectivity index (χ0n) is 11.4. The smallest absolute Gasteiger partial charge is 0.124 e. The Bertz CT molecular complexity index is 581. The molecule has 2 N–H and O–H groups in total. The van der Waals surface area contributed by atoms with E-state index in [1.807, 2.05) is 56.3 Å². The first kappa shape index (κ1) is 15.4. The molecule has 0 aliphatic rings. The number of benzene rings is 2. The van der Waals surface area contributed by atoms with Gasteiger partial charge in [-0.15, -0.1) is 0 Å². The number of ether oxygens (including phenoxy) is 1. The Morgan fingerprint density at radius 1 is 1.15 bits per heavy atom. The standard InChI is InChI=1S/C16H17BrClNO/c1-10(2)20-15-6-4-3-5-14(15)16(19)11-7-12(17)9-13(18)8-11/h3-10,16H,19H2,1-2H3. The van der Waals surface area contributed by atoms with Crippen molar-refractivity contribution in [1.82, 2.24) is 0 Å². The van der Waals surface area contributed by atoms with Crippen LogP contribution in [0.3, 0.4) is 0 Å². The van der Waals surface area contributed by atoms with E-state index in [-0.39, 0.29) is 12.1 Å². The summed E-state index contributed by atoms with van der Waals surface area (Å²) in [5.74, 6) is 0.811. The molecular formula is C16H17BrClNO. The number of hydrogen-bond donors (Lipinski definition) is 1. The van der Waals surface area contributed by atoms with E-state index in [1.54, 1.807) is 0 Å². The highest BCUT2D eigenvalue weighted by Gasteiger charge is 2.15. The second-order valence-corrected chi connectivity index (χ2v) is 6.24. The van der Waals surface area contributed by atoms with Crippen LogP contribution in [-0.2, 0) is 0 Å². The molecule has 0 spiro atoms. The van der Waals surface area contributed by atoms with Crippen LogP contribution in [-0.4, -0.2) is 6.10 Å². The molecule has 2 nitrogen and oxygen atoms in total. The summed E-state index contributed by atoms with van der Waals surface area (Å²) in [6.07, 6.45) is 0.106. The third-order valence-corrected chi connectivity index (χ3v) is 3.54. The third-order valence-electron chi connectivity index (χ3n) is 2.86. The minimum atomic E-state index is -0.278. The van der Waals surface area contributed by atoms with Gasteiger partial charge >= 0.3 is 0 Å². The Labute approximate surface area is 133 Å². The van der Waals surface area contributed by atoms with Gasteiger partial charge in [0.2, 0.25) is 0 Å². The van der Waals surface area contributed by atoms with Gasteiger partial charge in [0, 0.05) is 15.1 Å². The molecule has 2 rings (SSSR count). The summed E-state index contributed by atoms with van der Waals surface area (Å²) >= 11 is 9.53. The molecule has 0 fully saturated rings. The summed E-state index contributed by atoms with van der Waals surface area (Å²) in [4.78, 5) is 0. The zero-order chi connectivity index (χ0) is 14.7. The summed E-state index contributed by atoms with van der Waals surface area (Å²) in [6.45, 7) is 4.00. The molecule has 0 saturated carbocycles. The fourth-order valence-corrected chi connectivity index (χ4v) is 2.92. The average molecular weight is 355 g/mol. The van der Waals surface area contributed by atoms with E-state index in [0.29, 0.717) is 5.02 Å². The maximum absolute atomic E-state index is 6.37. The van der Waals surface area contributed by atoms with Crippen LogP contribution in [0.25, 0.3) is 0 Å². The van der Waals surface area contributed by atoms with Crippen molar-refractivity contribution in [3.05, 3.63) is 63.1 Å². The van der Waals surface area contributed by atoms with Crippen LogP contribution in [0.1, 0.15) is 31.0 Å². The summed E-state index contributed by atoms with van der Waals surface area (Å²) < 4.78 is 6.74. The Balaban J connectivity index is 2.39. The van der Waals surface area contributed by atoms with E-state index in [9.17, 15) is 0 Å². The van der Waals surface area contributed by atoms with Crippen LogP contribution in [0.4, 0.5) is 0 Å². The summed E-state index contributed by atoms with van der Waals surface area (Å²) in [5, 5.41) is 0.659. The van der Waals surface area contributed by atoms with Crippen molar-refractivity contribution in [2.75, 3.05) is 0 Å². The van der Waals surface area contributed by atoms with Crippen LogP contribution in [0.15, 0.2) is 46.9 Å². The van der Waals surface area contributed by atoms with Crippen molar-refractivity contribution in [1.29, 1.82) is 0 Å². The highest BCUT2D eigenvalue weighted by atomic mass is 79.9. The molecule has 0 aromatic heterocycles. The van der Waals surface area contributed by atoms with Gasteiger partial charge in [-0.05, 0) is 43.7 Å². The lowest BCUT2D eigenvalue weighted by Gasteiger charge is -2.19. The Morgan fingerprint density at radius 3 is 2.50 bits per heavy atom. The number of halogens is 2. The van der Waals surface area contributed by atoms with E-state index in [2.05, 4.69) is 15.9 Å². The number of nitrogens with two attached hydrogens (primary N) is 1. The van der Waals surface area contributed by atoms with Gasteiger partial charge in [0.15, 0.2) is 0 Å². The molecule has 0 bridgehead atoms. The van der Waals surface area contributed by atoms with Gasteiger partial charge in [0.1, 0.15) is 5.75 Å². The fourth-order valence-electron chi connectivity index (χ4n) is 2.03. The predicted octanol–water partition coefficient (Wildman–Crippen LogP) is 4.94. The van der Waals surface area contributed by atoms with Gasteiger partial charge in [-0.1, -0.05) is 45.7 Å². The van der Waals surface area contributed by atoms with Gasteiger partial charge in [-0.2, -0.15) is 0 Å². The Kier molecular flexibility index (Phi) is 5.08. The molecule has 0 heterocycles. The molecule has 0 aliphatic heterocycles. The third kappa shape index (κ3) is 3.75. The maximum atomic E-state index is 6.37. The first-order chi connectivity index (χ1) is 9.47. The summed E-state index contributed by atoms with van der Waals surface area (Å²) in [5.41, 5.74) is 8.27. The van der Waals surface area contributed by atoms with Gasteiger partial charge in [0.05, 0.1) is 12.1 Å². The largest absolute Gasteiger partial charge is 0.491 e. The molecule has 2 aromatic rings. The van der Waals surface area contributed by atoms with E-state index in [0.717, 1.165) is 21.3 Å². The van der Waals surface area contributed by atoms with Crippen molar-refractivity contribution >= 4 is 27.5 Å². The van der Waals surface area contributed by atoms with Gasteiger partial charge < -0.3 is 10.5 Å². The number of para-hydroxylation sites is 1. The van der Waals surface area contributed by atoms with Crippen LogP contribution in [0, 0.1) is 0 Å². The van der Waals surface area contributed by atoms with E-state index >= 15 is 0 Å². The van der Waals surface area contributed by atoms with Gasteiger partial charge in [0.25, 0.3) is 0 Å². The van der Waals surface area contributed by atoms with Crippen molar-refractivity contribution in [2.24, 2.45) is 5.73 Å². The lowest BCUT2D eigenvalue weighted by Crippen LogP contribution is -2.15. The topological polar surface area (TPSA) is 35.2 Å². The normalized spacial score (nSPS) is 12.5. The van der Waals surface area contributed by atoms with Crippen LogP contribution in [0.5, 0.6) is 5.75 Å². The first-order valence-electron chi connectivity index (χ1n) is 6.44. The molecule has 0 saturated heterocycles. The highest BCUT2D eigenvalue weighted by molar-refractivity contribution is 9.10. The maximum Gasteiger partial charge on any atom is 0.124 e. The van der Waals surface area contributed by atoms with Crippen molar-refractivity contribution in [3.8, 4) is 5.75 Å². The quantitative estimate of drug-likeness (QED) is 0.844. The lowest BCUT2D eigenvalue weighted by molar-refractivity contribution is 0.239. The SMILES string of the molecule is CC(C)Oc1ccccc1C(N)c1cc(Cl)cc(Br)c1. The van der Waals surface area contributed by atoms with E-state index < -0.39 is 0 Å². The van der Waals surface area contributed by atoms with Crippen molar-refractivity contribution in [2.45, 2.75) is 26.0 Å². The average Bonchev–Trinajstić information content (AvgIpc) is 2.36. The van der Waals surface area contributed by atoms with E-state index in [1.165, 1.54) is 0 Å². The Morgan fingerprint density at radius 2 is 1.85 bits per heavy atom. The monoisotopic (exact) mass is 353 g/mol. The van der Waals surface area contributed by atoms with E-state index in [4.69, 9.17) is 22.1 Å². The molecule has 1 unspecified atom stereocenters. The molecule has 20 heavy (non-hydrogen) atoms. The molecule has 1 atom stereocenters. The minimum absolute atomic E-state index is 0.106. The van der Waals surface area contributed by atoms with Crippen LogP contribution < -0.4 is 10.5 Å². The summed E-state index contributed by atoms with van der Waals surface area (Å²) in [7, 11) is 0. The van der Waals surface area contributed by atoms with Crippen LogP contribution >= 0.6 is 27.5 Å². The molecule has 2 aromatic carbocycles. The predicted molar refractivity (Wildman–Crippen MR) is 87.4 cm³/mol. The fraction of sp³-hybridized carbons (Fsp3) is 0.250. The van der Waals surface area contributed by atoms with Crippen molar-refractivity contribution in [3.63, 3.8) is 0 Å². The van der Waals surface area contributed by atoms with Crippen LogP contribution in [0.2, 0.25) is 5.02 Å². The first-order valence-corrected chi connectivity index (χ1v) is 7.61. The molecule has 4 heteroatoms. The number of hydrogen-bond acceptors (Lipinski definition) is 2. The second-order valence-electron chi connectivity index (χ2n) is 4.88. The van der Waals surface area contributed by atoms with Crippen molar-refractivity contribution < 1.29 is 4.74 Å². The highest BCUT2D eigenvalue weighted by Crippen LogP contribution is 2.31. The molecular weight excluding hydrogens is 338 g/mol. The zero-order valence-corrected chi connectivity index (χ0v) is 13.8. The summed E-state index contributed by atoms with van der Waals surface area (Å²) in [6, 6.07) is 13.2. The minimum Gasteiger partial charge on any atom is -0.491 e.